The van der Waals surface area contributed by atoms with Crippen LogP contribution in [0.25, 0.3) is 38.8 Å². The van der Waals surface area contributed by atoms with Crippen molar-refractivity contribution in [3.05, 3.63) is 90.1 Å². The Morgan fingerprint density at radius 2 is 1.50 bits per heavy atom. The van der Waals surface area contributed by atoms with E-state index < -0.39 is 0 Å². The third kappa shape index (κ3) is 2.63. The number of aromatic nitrogens is 3. The van der Waals surface area contributed by atoms with Crippen LogP contribution >= 0.6 is 0 Å². The molecule has 28 heavy (non-hydrogen) atoms. The van der Waals surface area contributed by atoms with Gasteiger partial charge in [-0.25, -0.2) is 13.5 Å². The molecule has 5 aromatic rings. The number of hydrogen-bond acceptors (Lipinski definition) is 2. The van der Waals surface area contributed by atoms with Crippen LogP contribution in [0.5, 0.6) is 0 Å². The summed E-state index contributed by atoms with van der Waals surface area (Å²) in [6.07, 6.45) is 1.76. The molecule has 5 heteroatoms. The molecule has 0 aliphatic rings. The van der Waals surface area contributed by atoms with Crippen LogP contribution in [0.2, 0.25) is 0 Å². The third-order valence-electron chi connectivity index (χ3n) is 4.86. The van der Waals surface area contributed by atoms with E-state index in [1.165, 1.54) is 24.3 Å². The Morgan fingerprint density at radius 3 is 2.25 bits per heavy atom. The van der Waals surface area contributed by atoms with Gasteiger partial charge in [0.05, 0.1) is 16.7 Å². The Morgan fingerprint density at radius 1 is 0.786 bits per heavy atom. The van der Waals surface area contributed by atoms with Gasteiger partial charge in [0.2, 0.25) is 0 Å². The highest BCUT2D eigenvalue weighted by atomic mass is 19.1. The first-order valence-electron chi connectivity index (χ1n) is 8.90. The highest BCUT2D eigenvalue weighted by Crippen LogP contribution is 2.34. The van der Waals surface area contributed by atoms with Crippen LogP contribution in [0.15, 0.2) is 72.9 Å². The molecule has 0 spiro atoms. The van der Waals surface area contributed by atoms with Crippen molar-refractivity contribution in [3.8, 4) is 16.9 Å². The van der Waals surface area contributed by atoms with Crippen LogP contribution in [-0.4, -0.2) is 14.8 Å². The van der Waals surface area contributed by atoms with Crippen molar-refractivity contribution < 1.29 is 8.78 Å². The summed E-state index contributed by atoms with van der Waals surface area (Å²) >= 11 is 0. The number of rotatable bonds is 2. The second-order valence-corrected chi connectivity index (χ2v) is 6.78. The summed E-state index contributed by atoms with van der Waals surface area (Å²) in [4.78, 5) is 4.50. The zero-order valence-corrected chi connectivity index (χ0v) is 15.0. The van der Waals surface area contributed by atoms with E-state index in [2.05, 4.69) is 4.98 Å². The number of pyridine rings is 1. The van der Waals surface area contributed by atoms with Gasteiger partial charge in [-0.2, -0.15) is 5.10 Å². The van der Waals surface area contributed by atoms with E-state index in [1.807, 2.05) is 31.2 Å². The maximum absolute atomic E-state index is 14.0. The van der Waals surface area contributed by atoms with Crippen molar-refractivity contribution in [2.24, 2.45) is 0 Å². The minimum absolute atomic E-state index is 0.323. The summed E-state index contributed by atoms with van der Waals surface area (Å²) < 4.78 is 29.2. The van der Waals surface area contributed by atoms with Crippen molar-refractivity contribution in [1.29, 1.82) is 0 Å². The summed E-state index contributed by atoms with van der Waals surface area (Å²) in [7, 11) is 0. The lowest BCUT2D eigenvalue weighted by molar-refractivity contribution is 0.627. The lowest BCUT2D eigenvalue weighted by atomic mass is 10.1. The Balaban J connectivity index is 1.90. The first-order valence-corrected chi connectivity index (χ1v) is 8.90. The normalized spacial score (nSPS) is 11.4. The topological polar surface area (TPSA) is 30.7 Å². The van der Waals surface area contributed by atoms with Crippen LogP contribution in [0, 0.1) is 18.6 Å². The molecular weight excluding hydrogens is 356 g/mol. The van der Waals surface area contributed by atoms with Gasteiger partial charge in [0.25, 0.3) is 0 Å². The highest BCUT2D eigenvalue weighted by molar-refractivity contribution is 6.08. The Bertz CT molecular complexity index is 1320. The van der Waals surface area contributed by atoms with Gasteiger partial charge >= 0.3 is 0 Å². The van der Waals surface area contributed by atoms with Crippen LogP contribution in [0.3, 0.4) is 0 Å². The lowest BCUT2D eigenvalue weighted by Gasteiger charge is -2.06. The van der Waals surface area contributed by atoms with Crippen molar-refractivity contribution in [3.63, 3.8) is 0 Å². The van der Waals surface area contributed by atoms with Crippen molar-refractivity contribution in [1.82, 2.24) is 14.8 Å². The SMILES string of the molecule is Cc1ccc(-c2nn(-c3ccc(F)cc3)c3c2cnc2ccc(F)cc23)cc1. The molecule has 0 saturated carbocycles. The second-order valence-electron chi connectivity index (χ2n) is 6.78. The zero-order valence-electron chi connectivity index (χ0n) is 15.0. The van der Waals surface area contributed by atoms with E-state index in [0.29, 0.717) is 16.6 Å². The summed E-state index contributed by atoms with van der Waals surface area (Å²) in [5, 5.41) is 6.27. The lowest BCUT2D eigenvalue weighted by Crippen LogP contribution is -1.97. The van der Waals surface area contributed by atoms with Gasteiger partial charge < -0.3 is 0 Å². The van der Waals surface area contributed by atoms with E-state index in [-0.39, 0.29) is 11.6 Å². The van der Waals surface area contributed by atoms with E-state index in [1.54, 1.807) is 29.1 Å². The molecule has 0 saturated heterocycles. The van der Waals surface area contributed by atoms with Crippen molar-refractivity contribution in [2.75, 3.05) is 0 Å². The quantitative estimate of drug-likeness (QED) is 0.391. The molecule has 0 radical (unpaired) electrons. The Hall–Kier alpha value is -3.60. The molecule has 2 aromatic heterocycles. The molecule has 3 nitrogen and oxygen atoms in total. The molecule has 0 N–H and O–H groups in total. The van der Waals surface area contributed by atoms with E-state index in [9.17, 15) is 8.78 Å². The molecular formula is C23H15F2N3. The van der Waals surface area contributed by atoms with Gasteiger partial charge in [0.1, 0.15) is 17.3 Å². The largest absolute Gasteiger partial charge is 0.255 e. The number of halogens is 2. The average molecular weight is 371 g/mol. The Labute approximate surface area is 159 Å². The first-order chi connectivity index (χ1) is 13.6. The predicted molar refractivity (Wildman–Crippen MR) is 106 cm³/mol. The number of benzene rings is 3. The molecule has 0 unspecified atom stereocenters. The van der Waals surface area contributed by atoms with Gasteiger partial charge in [0, 0.05) is 22.5 Å². The minimum Gasteiger partial charge on any atom is -0.255 e. The third-order valence-corrected chi connectivity index (χ3v) is 4.86. The van der Waals surface area contributed by atoms with Gasteiger partial charge in [-0.1, -0.05) is 29.8 Å². The number of fused-ring (bicyclic) bond motifs is 3. The van der Waals surface area contributed by atoms with Crippen LogP contribution in [-0.2, 0) is 0 Å². The molecule has 136 valence electrons. The maximum atomic E-state index is 14.0. The maximum Gasteiger partial charge on any atom is 0.124 e. The van der Waals surface area contributed by atoms with E-state index >= 15 is 0 Å². The molecule has 2 heterocycles. The molecule has 0 amide bonds. The second kappa shape index (κ2) is 6.23. The molecule has 5 rings (SSSR count). The van der Waals surface area contributed by atoms with Gasteiger partial charge in [-0.3, -0.25) is 4.98 Å². The number of aryl methyl sites for hydroxylation is 1. The number of nitrogens with zero attached hydrogens (tertiary/aromatic N) is 3. The smallest absolute Gasteiger partial charge is 0.124 e. The van der Waals surface area contributed by atoms with Crippen molar-refractivity contribution in [2.45, 2.75) is 6.92 Å². The Kier molecular flexibility index (Phi) is 3.69. The summed E-state index contributed by atoms with van der Waals surface area (Å²) in [5.74, 6) is -0.665. The fourth-order valence-electron chi connectivity index (χ4n) is 3.45. The molecule has 0 aliphatic heterocycles. The summed E-state index contributed by atoms with van der Waals surface area (Å²) in [6.45, 7) is 2.02. The average Bonchev–Trinajstić information content (AvgIpc) is 3.09. The van der Waals surface area contributed by atoms with E-state index in [0.717, 1.165) is 27.7 Å². The van der Waals surface area contributed by atoms with Gasteiger partial charge in [0.15, 0.2) is 0 Å². The van der Waals surface area contributed by atoms with E-state index in [4.69, 9.17) is 5.10 Å². The zero-order chi connectivity index (χ0) is 19.3. The summed E-state index contributed by atoms with van der Waals surface area (Å²) in [5.41, 5.74) is 4.95. The first kappa shape index (κ1) is 16.6. The molecule has 0 aliphatic carbocycles. The fraction of sp³-hybridized carbons (Fsp3) is 0.0435. The molecule has 3 aromatic carbocycles. The fourth-order valence-corrected chi connectivity index (χ4v) is 3.45. The standard InChI is InChI=1S/C23H15F2N3/c1-14-2-4-15(5-3-14)22-20-13-26-21-11-8-17(25)12-19(21)23(20)28(27-22)18-9-6-16(24)7-10-18/h2-13H,1H3. The van der Waals surface area contributed by atoms with Gasteiger partial charge in [-0.05, 0) is 49.4 Å². The van der Waals surface area contributed by atoms with Crippen LogP contribution < -0.4 is 0 Å². The van der Waals surface area contributed by atoms with Crippen molar-refractivity contribution >= 4 is 21.8 Å². The molecule has 0 atom stereocenters. The van der Waals surface area contributed by atoms with Crippen LogP contribution in [0.4, 0.5) is 8.78 Å². The number of hydrogen-bond donors (Lipinski definition) is 0. The molecule has 0 bridgehead atoms. The predicted octanol–water partition coefficient (Wildman–Crippen LogP) is 5.83. The van der Waals surface area contributed by atoms with Gasteiger partial charge in [-0.15, -0.1) is 0 Å². The monoisotopic (exact) mass is 371 g/mol. The van der Waals surface area contributed by atoms with Crippen LogP contribution in [0.1, 0.15) is 5.56 Å². The summed E-state index contributed by atoms with van der Waals surface area (Å²) in [6, 6.07) is 18.6. The minimum atomic E-state index is -0.342. The molecule has 0 fully saturated rings. The highest BCUT2D eigenvalue weighted by Gasteiger charge is 2.17.